The monoisotopic (exact) mass is 498 g/mol. The Balaban J connectivity index is 2.04. The molecular weight excluding hydrogens is 476 g/mol. The summed E-state index contributed by atoms with van der Waals surface area (Å²) < 4.78 is 18.4. The molecule has 0 fully saturated rings. The van der Waals surface area contributed by atoms with E-state index >= 15 is 0 Å². The van der Waals surface area contributed by atoms with Crippen molar-refractivity contribution in [1.82, 2.24) is 4.57 Å². The van der Waals surface area contributed by atoms with Gasteiger partial charge in [-0.3, -0.25) is 9.36 Å². The molecule has 1 atom stereocenters. The highest BCUT2D eigenvalue weighted by Gasteiger charge is 2.35. The molecule has 1 aliphatic rings. The van der Waals surface area contributed by atoms with Gasteiger partial charge in [0, 0.05) is 10.6 Å². The van der Waals surface area contributed by atoms with Crippen LogP contribution in [0, 0.1) is 0 Å². The highest BCUT2D eigenvalue weighted by Crippen LogP contribution is 2.40. The number of fused-ring (bicyclic) bond motifs is 1. The Morgan fingerprint density at radius 1 is 1.18 bits per heavy atom. The molecule has 176 valence electrons. The third kappa shape index (κ3) is 4.15. The number of allylic oxidation sites excluding steroid dienone is 1. The number of methoxy groups -OCH3 is 2. The molecule has 0 bridgehead atoms. The molecule has 0 unspecified atom stereocenters. The molecule has 0 amide bonds. The number of benzene rings is 2. The summed E-state index contributed by atoms with van der Waals surface area (Å²) in [6, 6.07) is 11.8. The van der Waals surface area contributed by atoms with E-state index in [1.807, 2.05) is 18.2 Å². The van der Waals surface area contributed by atoms with Gasteiger partial charge >= 0.3 is 5.97 Å². The maximum Gasteiger partial charge on any atom is 0.338 e. The van der Waals surface area contributed by atoms with Gasteiger partial charge in [0.2, 0.25) is 0 Å². The van der Waals surface area contributed by atoms with Crippen LogP contribution in [0.4, 0.5) is 0 Å². The molecular formula is C25H23ClN2O5S. The number of hydrogen-bond acceptors (Lipinski definition) is 7. The number of esters is 1. The maximum atomic E-state index is 13.7. The summed E-state index contributed by atoms with van der Waals surface area (Å²) in [5, 5.41) is 0.530. The van der Waals surface area contributed by atoms with Crippen molar-refractivity contribution in [2.75, 3.05) is 20.8 Å². The minimum Gasteiger partial charge on any atom is -0.493 e. The van der Waals surface area contributed by atoms with E-state index < -0.39 is 12.0 Å². The lowest BCUT2D eigenvalue weighted by molar-refractivity contribution is -0.139. The second-order valence-electron chi connectivity index (χ2n) is 7.41. The summed E-state index contributed by atoms with van der Waals surface area (Å²) in [4.78, 5) is 31.8. The predicted octanol–water partition coefficient (Wildman–Crippen LogP) is 3.47. The summed E-state index contributed by atoms with van der Waals surface area (Å²) in [5.74, 6) is 0.363. The van der Waals surface area contributed by atoms with Crippen molar-refractivity contribution >= 4 is 35.0 Å². The second kappa shape index (κ2) is 9.87. The van der Waals surface area contributed by atoms with Gasteiger partial charge in [0.15, 0.2) is 16.3 Å². The van der Waals surface area contributed by atoms with Gasteiger partial charge < -0.3 is 14.2 Å². The molecule has 0 spiro atoms. The Hall–Kier alpha value is -3.36. The Morgan fingerprint density at radius 2 is 1.94 bits per heavy atom. The van der Waals surface area contributed by atoms with E-state index in [1.54, 1.807) is 44.2 Å². The Labute approximate surface area is 205 Å². The Morgan fingerprint density at radius 3 is 2.62 bits per heavy atom. The zero-order valence-electron chi connectivity index (χ0n) is 19.1. The van der Waals surface area contributed by atoms with Gasteiger partial charge in [-0.25, -0.2) is 9.79 Å². The van der Waals surface area contributed by atoms with E-state index in [9.17, 15) is 9.59 Å². The average molecular weight is 499 g/mol. The summed E-state index contributed by atoms with van der Waals surface area (Å²) in [6.45, 7) is 3.65. The molecule has 7 nitrogen and oxygen atoms in total. The van der Waals surface area contributed by atoms with Crippen molar-refractivity contribution in [2.45, 2.75) is 19.9 Å². The van der Waals surface area contributed by atoms with Crippen molar-refractivity contribution in [3.63, 3.8) is 0 Å². The first kappa shape index (κ1) is 23.8. The number of aromatic nitrogens is 1. The number of rotatable bonds is 6. The van der Waals surface area contributed by atoms with Crippen LogP contribution in [0.2, 0.25) is 5.02 Å². The molecule has 0 saturated heterocycles. The lowest BCUT2D eigenvalue weighted by Gasteiger charge is -2.26. The average Bonchev–Trinajstić information content (AvgIpc) is 3.13. The molecule has 4 rings (SSSR count). The fourth-order valence-electron chi connectivity index (χ4n) is 3.95. The zero-order chi connectivity index (χ0) is 24.4. The van der Waals surface area contributed by atoms with E-state index in [1.165, 1.54) is 30.1 Å². The molecule has 3 aromatic rings. The van der Waals surface area contributed by atoms with Crippen molar-refractivity contribution in [3.05, 3.63) is 89.6 Å². The second-order valence-corrected chi connectivity index (χ2v) is 8.82. The van der Waals surface area contributed by atoms with Crippen LogP contribution in [-0.4, -0.2) is 31.4 Å². The number of ether oxygens (including phenoxy) is 3. The molecule has 0 N–H and O–H groups in total. The SMILES string of the molecule is CCOC(=O)C1=C(C)N=c2s/c(=C\c3ccccc3Cl)c(=O)n2[C@H]1c1cccc(OC)c1OC. The summed E-state index contributed by atoms with van der Waals surface area (Å²) in [5.41, 5.74) is 1.74. The lowest BCUT2D eigenvalue weighted by atomic mass is 9.94. The van der Waals surface area contributed by atoms with Gasteiger partial charge in [0.05, 0.1) is 36.6 Å². The van der Waals surface area contributed by atoms with Crippen LogP contribution in [0.15, 0.2) is 63.5 Å². The molecule has 1 aliphatic heterocycles. The summed E-state index contributed by atoms with van der Waals surface area (Å²) >= 11 is 7.54. The molecule has 9 heteroatoms. The van der Waals surface area contributed by atoms with E-state index in [-0.39, 0.29) is 17.7 Å². The molecule has 2 heterocycles. The smallest absolute Gasteiger partial charge is 0.338 e. The number of nitrogens with zero attached hydrogens (tertiary/aromatic N) is 2. The van der Waals surface area contributed by atoms with Gasteiger partial charge in [-0.15, -0.1) is 0 Å². The third-order valence-corrected chi connectivity index (χ3v) is 6.76. The molecule has 34 heavy (non-hydrogen) atoms. The van der Waals surface area contributed by atoms with Crippen LogP contribution in [0.1, 0.15) is 31.0 Å². The number of carbonyl (C=O) groups excluding carboxylic acids is 1. The first-order valence-electron chi connectivity index (χ1n) is 10.6. The Bertz CT molecular complexity index is 1470. The minimum absolute atomic E-state index is 0.189. The predicted molar refractivity (Wildman–Crippen MR) is 131 cm³/mol. The van der Waals surface area contributed by atoms with E-state index in [2.05, 4.69) is 4.99 Å². The van der Waals surface area contributed by atoms with E-state index in [0.717, 1.165) is 0 Å². The first-order valence-corrected chi connectivity index (χ1v) is 11.8. The van der Waals surface area contributed by atoms with Crippen molar-refractivity contribution in [1.29, 1.82) is 0 Å². The molecule has 1 aromatic heterocycles. The van der Waals surface area contributed by atoms with Crippen LogP contribution in [0.25, 0.3) is 6.08 Å². The number of thiazole rings is 1. The van der Waals surface area contributed by atoms with Crippen LogP contribution in [-0.2, 0) is 9.53 Å². The largest absolute Gasteiger partial charge is 0.493 e. The van der Waals surface area contributed by atoms with E-state index in [4.69, 9.17) is 25.8 Å². The topological polar surface area (TPSA) is 79.1 Å². The molecule has 0 aliphatic carbocycles. The van der Waals surface area contributed by atoms with Crippen LogP contribution in [0.3, 0.4) is 0 Å². The van der Waals surface area contributed by atoms with Gasteiger partial charge in [0.1, 0.15) is 6.04 Å². The number of hydrogen-bond donors (Lipinski definition) is 0. The molecule has 2 aromatic carbocycles. The number of carbonyl (C=O) groups is 1. The van der Waals surface area contributed by atoms with E-state index in [0.29, 0.717) is 42.7 Å². The van der Waals surface area contributed by atoms with Gasteiger partial charge in [0.25, 0.3) is 5.56 Å². The Kier molecular flexibility index (Phi) is 6.90. The fraction of sp³-hybridized carbons (Fsp3) is 0.240. The highest BCUT2D eigenvalue weighted by atomic mass is 35.5. The summed E-state index contributed by atoms with van der Waals surface area (Å²) in [7, 11) is 3.05. The minimum atomic E-state index is -0.811. The number of para-hydroxylation sites is 1. The standard InChI is InChI=1S/C25H23ClN2O5S/c1-5-33-24(30)20-14(2)27-25-28(21(20)16-10-8-12-18(31-3)22(16)32-4)23(29)19(34-25)13-15-9-6-7-11-17(15)26/h6-13,21H,5H2,1-4H3/b19-13-/t21-/m0/s1. The summed E-state index contributed by atoms with van der Waals surface area (Å²) in [6.07, 6.45) is 1.73. The third-order valence-electron chi connectivity index (χ3n) is 5.44. The number of halogens is 1. The maximum absolute atomic E-state index is 13.7. The van der Waals surface area contributed by atoms with Crippen molar-refractivity contribution in [3.8, 4) is 11.5 Å². The normalized spacial score (nSPS) is 15.6. The zero-order valence-corrected chi connectivity index (χ0v) is 20.7. The quantitative estimate of drug-likeness (QED) is 0.486. The van der Waals surface area contributed by atoms with Gasteiger partial charge in [-0.2, -0.15) is 0 Å². The first-order chi connectivity index (χ1) is 16.4. The molecule has 0 radical (unpaired) electrons. The van der Waals surface area contributed by atoms with Gasteiger partial charge in [-0.05, 0) is 37.6 Å². The molecule has 0 saturated carbocycles. The van der Waals surface area contributed by atoms with Crippen LogP contribution >= 0.6 is 22.9 Å². The van der Waals surface area contributed by atoms with Gasteiger partial charge in [-0.1, -0.05) is 53.3 Å². The van der Waals surface area contributed by atoms with Crippen molar-refractivity contribution < 1.29 is 19.0 Å². The highest BCUT2D eigenvalue weighted by molar-refractivity contribution is 7.07. The fourth-order valence-corrected chi connectivity index (χ4v) is 5.17. The van der Waals surface area contributed by atoms with Crippen LogP contribution in [0.5, 0.6) is 11.5 Å². The lowest BCUT2D eigenvalue weighted by Crippen LogP contribution is -2.40. The van der Waals surface area contributed by atoms with Crippen molar-refractivity contribution in [2.24, 2.45) is 4.99 Å². The van der Waals surface area contributed by atoms with Crippen LogP contribution < -0.4 is 24.4 Å².